The van der Waals surface area contributed by atoms with Crippen LogP contribution in [0.4, 0.5) is 0 Å². The van der Waals surface area contributed by atoms with E-state index < -0.39 is 0 Å². The molecule has 2 aliphatic rings. The van der Waals surface area contributed by atoms with Gasteiger partial charge in [0.2, 0.25) is 0 Å². The molecular weight excluding hydrogens is 286 g/mol. The largest absolute Gasteiger partial charge is 2.00 e. The van der Waals surface area contributed by atoms with Gasteiger partial charge in [-0.15, -0.1) is 0 Å². The summed E-state index contributed by atoms with van der Waals surface area (Å²) in [5.41, 5.74) is 0.773. The molecule has 2 rings (SSSR count). The Labute approximate surface area is 127 Å². The second-order valence-corrected chi connectivity index (χ2v) is 4.41. The third kappa shape index (κ3) is 7.70. The maximum Gasteiger partial charge on any atom is 2.00 e. The first-order valence-corrected chi connectivity index (χ1v) is 6.86. The van der Waals surface area contributed by atoms with E-state index in [1.54, 1.807) is 11.8 Å². The molecule has 96 valence electrons. The van der Waals surface area contributed by atoms with Crippen molar-refractivity contribution in [1.29, 1.82) is 0 Å². The molecular formula is C14H17FeNOS+2. The molecule has 2 fully saturated rings. The minimum absolute atomic E-state index is 0. The Morgan fingerprint density at radius 1 is 1.06 bits per heavy atom. The van der Waals surface area contributed by atoms with Crippen LogP contribution >= 0.6 is 11.8 Å². The fourth-order valence-electron chi connectivity index (χ4n) is 1.34. The summed E-state index contributed by atoms with van der Waals surface area (Å²) in [5.74, 6) is 2.01. The molecule has 0 atom stereocenters. The molecule has 0 saturated heterocycles. The molecule has 2 saturated carbocycles. The van der Waals surface area contributed by atoms with Crippen molar-refractivity contribution in [1.82, 2.24) is 0 Å². The first kappa shape index (κ1) is 18.3. The van der Waals surface area contributed by atoms with Crippen LogP contribution in [0.15, 0.2) is 5.16 Å². The van der Waals surface area contributed by atoms with Crippen molar-refractivity contribution in [3.05, 3.63) is 63.7 Å². The molecule has 0 aromatic rings. The summed E-state index contributed by atoms with van der Waals surface area (Å²) in [5, 5.41) is 12.0. The van der Waals surface area contributed by atoms with Crippen molar-refractivity contribution in [3.8, 4) is 0 Å². The zero-order valence-electron chi connectivity index (χ0n) is 10.3. The molecule has 0 bridgehead atoms. The first-order valence-electron chi connectivity index (χ1n) is 5.47. The van der Waals surface area contributed by atoms with E-state index in [-0.39, 0.29) is 17.1 Å². The summed E-state index contributed by atoms with van der Waals surface area (Å²) < 4.78 is 0. The predicted octanol–water partition coefficient (Wildman–Crippen LogP) is 2.99. The summed E-state index contributed by atoms with van der Waals surface area (Å²) in [6.45, 7) is 0. The molecule has 0 aromatic carbocycles. The van der Waals surface area contributed by atoms with Crippen LogP contribution in [0.5, 0.6) is 0 Å². The molecule has 0 aliphatic heterocycles. The van der Waals surface area contributed by atoms with E-state index in [4.69, 9.17) is 5.21 Å². The van der Waals surface area contributed by atoms with Crippen LogP contribution in [0.25, 0.3) is 0 Å². The van der Waals surface area contributed by atoms with Gasteiger partial charge in [-0.05, 0) is 76.2 Å². The Morgan fingerprint density at radius 2 is 1.56 bits per heavy atom. The van der Waals surface area contributed by atoms with Crippen molar-refractivity contribution < 1.29 is 22.3 Å². The molecule has 0 heterocycles. The van der Waals surface area contributed by atoms with Gasteiger partial charge in [0.1, 0.15) is 0 Å². The summed E-state index contributed by atoms with van der Waals surface area (Å²) >= 11 is 1.75. The molecule has 1 N–H and O–H groups in total. The second kappa shape index (κ2) is 12.4. The van der Waals surface area contributed by atoms with Crippen molar-refractivity contribution >= 4 is 17.5 Å². The van der Waals surface area contributed by atoms with Crippen LogP contribution in [-0.4, -0.2) is 22.9 Å². The number of thioether (sulfide) groups is 1. The summed E-state index contributed by atoms with van der Waals surface area (Å²) in [6, 6.07) is 0. The van der Waals surface area contributed by atoms with E-state index in [0.29, 0.717) is 0 Å². The normalized spacial score (nSPS) is 20.2. The third-order valence-electron chi connectivity index (χ3n) is 2.22. The van der Waals surface area contributed by atoms with E-state index in [2.05, 4.69) is 5.16 Å². The van der Waals surface area contributed by atoms with Gasteiger partial charge in [0.25, 0.3) is 0 Å². The molecule has 18 heavy (non-hydrogen) atoms. The van der Waals surface area contributed by atoms with Gasteiger partial charge >= 0.3 is 17.1 Å². The van der Waals surface area contributed by atoms with Gasteiger partial charge in [-0.1, -0.05) is 5.16 Å². The topological polar surface area (TPSA) is 32.6 Å². The molecule has 0 unspecified atom stereocenters. The van der Waals surface area contributed by atoms with E-state index in [9.17, 15) is 0 Å². The van der Waals surface area contributed by atoms with Gasteiger partial charge in [0, 0.05) is 5.92 Å². The first-order chi connectivity index (χ1) is 8.38. The minimum atomic E-state index is 0. The zero-order chi connectivity index (χ0) is 12.3. The monoisotopic (exact) mass is 303 g/mol. The SMILES string of the molecule is CSCC/C(=N/O)[C]1[CH][CH][CH][CH]1.[CH]1[CH][CH][CH][CH]1.[Fe+2]. The van der Waals surface area contributed by atoms with Gasteiger partial charge in [-0.2, -0.15) is 11.8 Å². The maximum absolute atomic E-state index is 8.70. The molecule has 0 spiro atoms. The van der Waals surface area contributed by atoms with Crippen molar-refractivity contribution in [3.63, 3.8) is 0 Å². The van der Waals surface area contributed by atoms with Crippen LogP contribution in [-0.2, 0) is 17.1 Å². The van der Waals surface area contributed by atoms with E-state index in [0.717, 1.165) is 23.8 Å². The predicted molar refractivity (Wildman–Crippen MR) is 74.2 cm³/mol. The van der Waals surface area contributed by atoms with E-state index in [1.807, 2.05) is 64.0 Å². The van der Waals surface area contributed by atoms with Crippen molar-refractivity contribution in [2.45, 2.75) is 6.42 Å². The molecule has 2 nitrogen and oxygen atoms in total. The molecule has 2 aliphatic carbocycles. The van der Waals surface area contributed by atoms with Crippen LogP contribution in [0.2, 0.25) is 0 Å². The van der Waals surface area contributed by atoms with Crippen LogP contribution in [0, 0.1) is 63.7 Å². The van der Waals surface area contributed by atoms with Crippen molar-refractivity contribution in [2.75, 3.05) is 12.0 Å². The Hall–Kier alpha value is 0.339. The smallest absolute Gasteiger partial charge is 0.411 e. The number of hydrogen-bond donors (Lipinski definition) is 1. The average Bonchev–Trinajstić information content (AvgIpc) is 3.06. The zero-order valence-corrected chi connectivity index (χ0v) is 12.2. The Balaban J connectivity index is 0.000000405. The fourth-order valence-corrected chi connectivity index (χ4v) is 1.74. The molecule has 0 amide bonds. The van der Waals surface area contributed by atoms with Gasteiger partial charge in [-0.3, -0.25) is 0 Å². The van der Waals surface area contributed by atoms with Crippen LogP contribution in [0.1, 0.15) is 6.42 Å². The summed E-state index contributed by atoms with van der Waals surface area (Å²) in [7, 11) is 0. The molecule has 10 radical (unpaired) electrons. The fraction of sp³-hybridized carbons (Fsp3) is 0.214. The van der Waals surface area contributed by atoms with Crippen LogP contribution in [0.3, 0.4) is 0 Å². The standard InChI is InChI=1S/C9H12NOS.C5H5.Fe/c1-12-7-6-9(10-11)8-4-2-3-5-8;1-2-4-5-3-1;/h2-5,11H,6-7H2,1H3;1-5H;/q;;+2/b10-9-;;. The van der Waals surface area contributed by atoms with Gasteiger partial charge in [0.05, 0.1) is 5.71 Å². The molecule has 0 aromatic heterocycles. The molecule has 4 heteroatoms. The number of rotatable bonds is 4. The Kier molecular flexibility index (Phi) is 12.6. The van der Waals surface area contributed by atoms with E-state index >= 15 is 0 Å². The third-order valence-corrected chi connectivity index (χ3v) is 2.83. The minimum Gasteiger partial charge on any atom is -0.411 e. The van der Waals surface area contributed by atoms with Gasteiger partial charge in [0.15, 0.2) is 0 Å². The summed E-state index contributed by atoms with van der Waals surface area (Å²) in [6.07, 6.45) is 20.7. The van der Waals surface area contributed by atoms with Gasteiger partial charge < -0.3 is 5.21 Å². The van der Waals surface area contributed by atoms with Gasteiger partial charge in [-0.25, -0.2) is 0 Å². The average molecular weight is 303 g/mol. The quantitative estimate of drug-likeness (QED) is 0.375. The number of nitrogens with zero attached hydrogens (tertiary/aromatic N) is 1. The van der Waals surface area contributed by atoms with E-state index in [1.165, 1.54) is 0 Å². The summed E-state index contributed by atoms with van der Waals surface area (Å²) in [4.78, 5) is 0. The number of hydrogen-bond acceptors (Lipinski definition) is 3. The Morgan fingerprint density at radius 3 is 1.94 bits per heavy atom. The number of oxime groups is 1. The van der Waals surface area contributed by atoms with Crippen molar-refractivity contribution in [2.24, 2.45) is 5.16 Å². The van der Waals surface area contributed by atoms with Crippen LogP contribution < -0.4 is 0 Å². The maximum atomic E-state index is 8.70. The Bertz CT molecular complexity index is 206. The second-order valence-electron chi connectivity index (χ2n) is 3.43.